The number of nitrogens with one attached hydrogen (secondary N) is 1. The highest BCUT2D eigenvalue weighted by Crippen LogP contribution is 2.22. The van der Waals surface area contributed by atoms with Crippen LogP contribution in [0.5, 0.6) is 0 Å². The normalized spacial score (nSPS) is 17.6. The van der Waals surface area contributed by atoms with Crippen molar-refractivity contribution in [3.05, 3.63) is 29.0 Å². The topological polar surface area (TPSA) is 46.0 Å². The lowest BCUT2D eigenvalue weighted by molar-refractivity contribution is 0.355. The molecule has 6 heteroatoms. The second-order valence-electron chi connectivity index (χ2n) is 6.70. The van der Waals surface area contributed by atoms with Gasteiger partial charge in [0.15, 0.2) is 5.13 Å². The number of hydrogen-bond acceptors (Lipinski definition) is 5. The van der Waals surface area contributed by atoms with E-state index in [9.17, 15) is 0 Å². The maximum Gasteiger partial charge on any atom is 0.185 e. The van der Waals surface area contributed by atoms with Crippen LogP contribution in [0.1, 0.15) is 31.2 Å². The van der Waals surface area contributed by atoms with Gasteiger partial charge < -0.3 is 10.2 Å². The summed E-state index contributed by atoms with van der Waals surface area (Å²) < 4.78 is 2.13. The van der Waals surface area contributed by atoms with Crippen molar-refractivity contribution < 1.29 is 0 Å². The molecule has 0 spiro atoms. The van der Waals surface area contributed by atoms with E-state index in [1.165, 1.54) is 23.7 Å². The van der Waals surface area contributed by atoms with Crippen LogP contribution in [-0.4, -0.2) is 40.4 Å². The fourth-order valence-electron chi connectivity index (χ4n) is 3.23. The van der Waals surface area contributed by atoms with Crippen LogP contribution in [0.2, 0.25) is 0 Å². The lowest BCUT2D eigenvalue weighted by Crippen LogP contribution is -2.44. The Hall–Kier alpha value is -1.40. The van der Waals surface area contributed by atoms with Crippen molar-refractivity contribution >= 4 is 16.5 Å². The van der Waals surface area contributed by atoms with Crippen molar-refractivity contribution in [3.8, 4) is 0 Å². The summed E-state index contributed by atoms with van der Waals surface area (Å²) in [5.41, 5.74) is 2.36. The molecule has 2 aromatic rings. The van der Waals surface area contributed by atoms with Crippen molar-refractivity contribution in [2.24, 2.45) is 5.92 Å². The molecule has 5 nitrogen and oxygen atoms in total. The van der Waals surface area contributed by atoms with Crippen molar-refractivity contribution in [1.82, 2.24) is 20.1 Å². The van der Waals surface area contributed by atoms with Crippen LogP contribution in [0, 0.1) is 19.8 Å². The van der Waals surface area contributed by atoms with E-state index in [1.807, 2.05) is 6.20 Å². The molecule has 2 aromatic heterocycles. The molecule has 126 valence electrons. The third-order valence-electron chi connectivity index (χ3n) is 4.53. The molecule has 1 fully saturated rings. The SMILES string of the molecule is Cc1cc(C)n(CC(C)CNC2CCN(c3nccs3)CC2)n1. The number of piperidine rings is 1. The number of thiazole rings is 1. The molecule has 1 unspecified atom stereocenters. The Morgan fingerprint density at radius 2 is 2.13 bits per heavy atom. The van der Waals surface area contributed by atoms with E-state index < -0.39 is 0 Å². The van der Waals surface area contributed by atoms with Crippen LogP contribution in [0.15, 0.2) is 17.6 Å². The average molecular weight is 334 g/mol. The molecule has 1 saturated heterocycles. The standard InChI is InChI=1S/C17H27N5S/c1-13(12-22-15(3)10-14(2)20-22)11-19-16-4-7-21(8-5-16)17-18-6-9-23-17/h6,9-10,13,16,19H,4-5,7-8,11-12H2,1-3H3. The molecular formula is C17H27N5S. The Balaban J connectivity index is 1.40. The second kappa shape index (κ2) is 7.45. The first-order chi connectivity index (χ1) is 11.1. The molecule has 0 aliphatic carbocycles. The number of rotatable bonds is 6. The van der Waals surface area contributed by atoms with Crippen molar-refractivity contribution in [1.29, 1.82) is 0 Å². The van der Waals surface area contributed by atoms with Gasteiger partial charge in [-0.3, -0.25) is 4.68 Å². The van der Waals surface area contributed by atoms with Crippen LogP contribution >= 0.6 is 11.3 Å². The maximum atomic E-state index is 4.56. The van der Waals surface area contributed by atoms with Gasteiger partial charge in [-0.1, -0.05) is 6.92 Å². The Morgan fingerprint density at radius 3 is 2.74 bits per heavy atom. The highest BCUT2D eigenvalue weighted by molar-refractivity contribution is 7.13. The first-order valence-corrected chi connectivity index (χ1v) is 9.38. The molecule has 3 rings (SSSR count). The quantitative estimate of drug-likeness (QED) is 0.883. The molecule has 3 heterocycles. The molecule has 0 aromatic carbocycles. The summed E-state index contributed by atoms with van der Waals surface area (Å²) in [5, 5.41) is 11.5. The second-order valence-corrected chi connectivity index (χ2v) is 7.57. The van der Waals surface area contributed by atoms with Crippen LogP contribution < -0.4 is 10.2 Å². The van der Waals surface area contributed by atoms with Gasteiger partial charge in [-0.25, -0.2) is 4.98 Å². The van der Waals surface area contributed by atoms with E-state index in [0.29, 0.717) is 12.0 Å². The summed E-state index contributed by atoms with van der Waals surface area (Å²) in [6, 6.07) is 2.78. The zero-order chi connectivity index (χ0) is 16.2. The number of aromatic nitrogens is 3. The van der Waals surface area contributed by atoms with Gasteiger partial charge in [0.25, 0.3) is 0 Å². The van der Waals surface area contributed by atoms with Gasteiger partial charge in [0, 0.05) is 42.9 Å². The first-order valence-electron chi connectivity index (χ1n) is 8.50. The van der Waals surface area contributed by atoms with Crippen LogP contribution in [0.3, 0.4) is 0 Å². The monoisotopic (exact) mass is 333 g/mol. The molecule has 0 radical (unpaired) electrons. The number of aryl methyl sites for hydroxylation is 2. The van der Waals surface area contributed by atoms with E-state index >= 15 is 0 Å². The molecule has 1 N–H and O–H groups in total. The number of nitrogens with zero attached hydrogens (tertiary/aromatic N) is 4. The van der Waals surface area contributed by atoms with Crippen molar-refractivity contribution in [2.45, 2.75) is 46.2 Å². The van der Waals surface area contributed by atoms with Gasteiger partial charge in [-0.05, 0) is 45.2 Å². The Bertz CT molecular complexity index is 599. The summed E-state index contributed by atoms with van der Waals surface area (Å²) in [4.78, 5) is 6.82. The third-order valence-corrected chi connectivity index (χ3v) is 5.36. The highest BCUT2D eigenvalue weighted by Gasteiger charge is 2.20. The minimum atomic E-state index is 0.588. The Morgan fingerprint density at radius 1 is 1.35 bits per heavy atom. The zero-order valence-electron chi connectivity index (χ0n) is 14.3. The van der Waals surface area contributed by atoms with Crippen LogP contribution in [0.4, 0.5) is 5.13 Å². The average Bonchev–Trinajstić information content (AvgIpc) is 3.16. The summed E-state index contributed by atoms with van der Waals surface area (Å²) in [6.45, 7) is 10.8. The van der Waals surface area contributed by atoms with E-state index in [0.717, 1.165) is 31.9 Å². The highest BCUT2D eigenvalue weighted by atomic mass is 32.1. The summed E-state index contributed by atoms with van der Waals surface area (Å²) >= 11 is 1.74. The van der Waals surface area contributed by atoms with Gasteiger partial charge in [0.05, 0.1) is 5.69 Å². The lowest BCUT2D eigenvalue weighted by Gasteiger charge is -2.32. The van der Waals surface area contributed by atoms with Crippen LogP contribution in [0.25, 0.3) is 0 Å². The summed E-state index contributed by atoms with van der Waals surface area (Å²) in [7, 11) is 0. The van der Waals surface area contributed by atoms with E-state index in [-0.39, 0.29) is 0 Å². The number of anilines is 1. The molecule has 1 aliphatic heterocycles. The van der Waals surface area contributed by atoms with Crippen LogP contribution in [-0.2, 0) is 6.54 Å². The molecule has 1 atom stereocenters. The van der Waals surface area contributed by atoms with E-state index in [4.69, 9.17) is 0 Å². The molecule has 1 aliphatic rings. The largest absolute Gasteiger partial charge is 0.348 e. The smallest absolute Gasteiger partial charge is 0.185 e. The summed E-state index contributed by atoms with van der Waals surface area (Å²) in [6.07, 6.45) is 4.30. The predicted molar refractivity (Wildman–Crippen MR) is 96.2 cm³/mol. The molecular weight excluding hydrogens is 306 g/mol. The van der Waals surface area contributed by atoms with Gasteiger partial charge in [0.1, 0.15) is 0 Å². The number of hydrogen-bond donors (Lipinski definition) is 1. The van der Waals surface area contributed by atoms with E-state index in [1.54, 1.807) is 11.3 Å². The molecule has 0 bridgehead atoms. The van der Waals surface area contributed by atoms with Gasteiger partial charge in [0.2, 0.25) is 0 Å². The van der Waals surface area contributed by atoms with Gasteiger partial charge in [-0.2, -0.15) is 5.10 Å². The lowest BCUT2D eigenvalue weighted by atomic mass is 10.0. The van der Waals surface area contributed by atoms with Crippen molar-refractivity contribution in [3.63, 3.8) is 0 Å². The maximum absolute atomic E-state index is 4.56. The minimum Gasteiger partial charge on any atom is -0.348 e. The minimum absolute atomic E-state index is 0.588. The molecule has 23 heavy (non-hydrogen) atoms. The Kier molecular flexibility index (Phi) is 5.33. The first kappa shape index (κ1) is 16.5. The fourth-order valence-corrected chi connectivity index (χ4v) is 3.93. The Labute approximate surface area is 142 Å². The zero-order valence-corrected chi connectivity index (χ0v) is 15.1. The van der Waals surface area contributed by atoms with Crippen molar-refractivity contribution in [2.75, 3.05) is 24.5 Å². The summed E-state index contributed by atoms with van der Waals surface area (Å²) in [5.74, 6) is 0.588. The fraction of sp³-hybridized carbons (Fsp3) is 0.647. The van der Waals surface area contributed by atoms with E-state index in [2.05, 4.69) is 57.2 Å². The molecule has 0 amide bonds. The van der Waals surface area contributed by atoms with Gasteiger partial charge in [-0.15, -0.1) is 11.3 Å². The van der Waals surface area contributed by atoms with Gasteiger partial charge >= 0.3 is 0 Å². The third kappa shape index (κ3) is 4.32. The predicted octanol–water partition coefficient (Wildman–Crippen LogP) is 2.85. The molecule has 0 saturated carbocycles.